The fourth-order valence-corrected chi connectivity index (χ4v) is 1.85. The van der Waals surface area contributed by atoms with Gasteiger partial charge in [-0.05, 0) is 26.0 Å². The molecular weight excluding hydrogens is 320 g/mol. The number of ether oxygens (including phenoxy) is 1. The van der Waals surface area contributed by atoms with Crippen molar-refractivity contribution in [2.75, 3.05) is 13.7 Å². The number of amides is 1. The third-order valence-electron chi connectivity index (χ3n) is 3.33. The smallest absolute Gasteiger partial charge is 0.418 e. The first-order valence-electron chi connectivity index (χ1n) is 6.74. The second-order valence-corrected chi connectivity index (χ2v) is 5.68. The van der Waals surface area contributed by atoms with Crippen molar-refractivity contribution >= 4 is 17.5 Å². The molecule has 120 valence electrons. The number of nitrogens with zero attached hydrogens (tertiary/aromatic N) is 4. The minimum absolute atomic E-state index is 0.142. The van der Waals surface area contributed by atoms with Crippen molar-refractivity contribution in [2.24, 2.45) is 0 Å². The summed E-state index contributed by atoms with van der Waals surface area (Å²) in [5.74, 6) is -0.113. The zero-order chi connectivity index (χ0) is 17.0. The summed E-state index contributed by atoms with van der Waals surface area (Å²) in [5, 5.41) is 13.3. The molecule has 0 radical (unpaired) electrons. The fraction of sp³-hybridized carbons (Fsp3) is 0.333. The average Bonchev–Trinajstić information content (AvgIpc) is 3.01. The molecule has 0 saturated heterocycles. The van der Waals surface area contributed by atoms with Gasteiger partial charge in [0.1, 0.15) is 5.54 Å². The molecular formula is C15H15ClN4O3. The van der Waals surface area contributed by atoms with Gasteiger partial charge in [0, 0.05) is 12.6 Å². The van der Waals surface area contributed by atoms with Gasteiger partial charge in [0.25, 0.3) is 5.91 Å². The quantitative estimate of drug-likeness (QED) is 0.834. The summed E-state index contributed by atoms with van der Waals surface area (Å²) in [6, 6.07) is 9.06. The van der Waals surface area contributed by atoms with E-state index in [0.717, 1.165) is 0 Å². The van der Waals surface area contributed by atoms with Crippen LogP contribution in [0.5, 0.6) is 6.08 Å². The van der Waals surface area contributed by atoms with Crippen LogP contribution in [0.25, 0.3) is 11.4 Å². The van der Waals surface area contributed by atoms with Gasteiger partial charge in [0.05, 0.1) is 11.1 Å². The van der Waals surface area contributed by atoms with Gasteiger partial charge in [-0.2, -0.15) is 10.2 Å². The van der Waals surface area contributed by atoms with E-state index in [1.807, 2.05) is 6.07 Å². The number of hydrogen-bond donors (Lipinski definition) is 0. The Morgan fingerprint density at radius 2 is 2.17 bits per heavy atom. The van der Waals surface area contributed by atoms with E-state index in [1.165, 1.54) is 11.9 Å². The van der Waals surface area contributed by atoms with E-state index in [9.17, 15) is 4.79 Å². The summed E-state index contributed by atoms with van der Waals surface area (Å²) in [7, 11) is 1.53. The van der Waals surface area contributed by atoms with Crippen molar-refractivity contribution in [3.8, 4) is 23.5 Å². The molecule has 0 spiro atoms. The Bertz CT molecular complexity index is 751. The van der Waals surface area contributed by atoms with Gasteiger partial charge in [0.15, 0.2) is 6.61 Å². The lowest BCUT2D eigenvalue weighted by atomic mass is 10.1. The first-order chi connectivity index (χ1) is 10.8. The van der Waals surface area contributed by atoms with Crippen molar-refractivity contribution in [2.45, 2.75) is 19.4 Å². The Kier molecular flexibility index (Phi) is 4.86. The summed E-state index contributed by atoms with van der Waals surface area (Å²) >= 11 is 6.05. The molecule has 1 amide bonds. The zero-order valence-corrected chi connectivity index (χ0v) is 13.7. The van der Waals surface area contributed by atoms with Gasteiger partial charge in [-0.15, -0.1) is 0 Å². The van der Waals surface area contributed by atoms with E-state index in [-0.39, 0.29) is 24.4 Å². The van der Waals surface area contributed by atoms with Crippen LogP contribution in [-0.4, -0.2) is 40.1 Å². The molecule has 0 saturated carbocycles. The second kappa shape index (κ2) is 6.67. The molecule has 0 aliphatic carbocycles. The highest BCUT2D eigenvalue weighted by Crippen LogP contribution is 2.26. The third kappa shape index (κ3) is 3.79. The van der Waals surface area contributed by atoms with Crippen molar-refractivity contribution in [3.63, 3.8) is 0 Å². The minimum atomic E-state index is -0.933. The SMILES string of the molecule is CN(C(=O)COc1nc(-c2ccccc2Cl)no1)C(C)(C)C#N. The molecule has 0 N–H and O–H groups in total. The molecule has 23 heavy (non-hydrogen) atoms. The van der Waals surface area contributed by atoms with E-state index in [2.05, 4.69) is 10.1 Å². The number of likely N-dealkylation sites (N-methyl/N-ethyl adjacent to an activating group) is 1. The van der Waals surface area contributed by atoms with Crippen LogP contribution in [0.4, 0.5) is 0 Å². The summed E-state index contributed by atoms with van der Waals surface area (Å²) in [6.45, 7) is 2.95. The van der Waals surface area contributed by atoms with Gasteiger partial charge < -0.3 is 9.64 Å². The van der Waals surface area contributed by atoms with Gasteiger partial charge in [-0.25, -0.2) is 0 Å². The maximum Gasteiger partial charge on any atom is 0.418 e. The fourth-order valence-electron chi connectivity index (χ4n) is 1.63. The maximum absolute atomic E-state index is 12.0. The lowest BCUT2D eigenvalue weighted by Crippen LogP contribution is -2.45. The van der Waals surface area contributed by atoms with Gasteiger partial charge in [-0.3, -0.25) is 9.32 Å². The molecule has 1 aromatic carbocycles. The minimum Gasteiger partial charge on any atom is -0.439 e. The number of carbonyl (C=O) groups excluding carboxylic acids is 1. The van der Waals surface area contributed by atoms with Crippen LogP contribution in [0.2, 0.25) is 5.02 Å². The number of hydrogen-bond acceptors (Lipinski definition) is 6. The van der Waals surface area contributed by atoms with E-state index in [4.69, 9.17) is 26.1 Å². The molecule has 0 bridgehead atoms. The maximum atomic E-state index is 12.0. The summed E-state index contributed by atoms with van der Waals surface area (Å²) in [6.07, 6.45) is -0.142. The number of aromatic nitrogens is 2. The highest BCUT2D eigenvalue weighted by atomic mass is 35.5. The van der Waals surface area contributed by atoms with Crippen LogP contribution >= 0.6 is 11.6 Å². The molecule has 1 aromatic heterocycles. The van der Waals surface area contributed by atoms with Crippen molar-refractivity contribution in [3.05, 3.63) is 29.3 Å². The van der Waals surface area contributed by atoms with Crippen LogP contribution in [0, 0.1) is 11.3 Å². The number of carbonyl (C=O) groups is 1. The van der Waals surface area contributed by atoms with Crippen molar-refractivity contribution in [1.82, 2.24) is 15.0 Å². The molecule has 0 aliphatic rings. The Labute approximate surface area is 138 Å². The molecule has 2 aromatic rings. The Morgan fingerprint density at radius 3 is 2.83 bits per heavy atom. The summed E-state index contributed by atoms with van der Waals surface area (Å²) in [4.78, 5) is 17.3. The summed E-state index contributed by atoms with van der Waals surface area (Å²) < 4.78 is 10.1. The molecule has 7 nitrogen and oxygen atoms in total. The van der Waals surface area contributed by atoms with Crippen molar-refractivity contribution < 1.29 is 14.1 Å². The molecule has 0 unspecified atom stereocenters. The monoisotopic (exact) mass is 334 g/mol. The number of benzene rings is 1. The Morgan fingerprint density at radius 1 is 1.48 bits per heavy atom. The van der Waals surface area contributed by atoms with Crippen LogP contribution in [0.3, 0.4) is 0 Å². The van der Waals surface area contributed by atoms with E-state index in [1.54, 1.807) is 38.1 Å². The number of nitriles is 1. The molecule has 8 heteroatoms. The standard InChI is InChI=1S/C15H15ClN4O3/c1-15(2,9-17)20(3)12(21)8-22-14-18-13(19-23-14)10-6-4-5-7-11(10)16/h4-7H,8H2,1-3H3. The first kappa shape index (κ1) is 16.8. The highest BCUT2D eigenvalue weighted by Gasteiger charge is 2.27. The topological polar surface area (TPSA) is 92.2 Å². The third-order valence-corrected chi connectivity index (χ3v) is 3.66. The van der Waals surface area contributed by atoms with Gasteiger partial charge in [0.2, 0.25) is 5.82 Å². The predicted molar refractivity (Wildman–Crippen MR) is 82.7 cm³/mol. The lowest BCUT2D eigenvalue weighted by Gasteiger charge is -2.28. The zero-order valence-electron chi connectivity index (χ0n) is 12.9. The summed E-state index contributed by atoms with van der Waals surface area (Å²) in [5.41, 5.74) is -0.334. The van der Waals surface area contributed by atoms with Gasteiger partial charge >= 0.3 is 6.08 Å². The number of rotatable bonds is 5. The average molecular weight is 335 g/mol. The van der Waals surface area contributed by atoms with Crippen molar-refractivity contribution in [1.29, 1.82) is 5.26 Å². The van der Waals surface area contributed by atoms with E-state index in [0.29, 0.717) is 10.6 Å². The molecule has 0 fully saturated rings. The number of halogens is 1. The highest BCUT2D eigenvalue weighted by molar-refractivity contribution is 6.33. The second-order valence-electron chi connectivity index (χ2n) is 5.28. The lowest BCUT2D eigenvalue weighted by molar-refractivity contribution is -0.135. The van der Waals surface area contributed by atoms with E-state index >= 15 is 0 Å². The molecule has 0 aliphatic heterocycles. The first-order valence-corrected chi connectivity index (χ1v) is 7.12. The predicted octanol–water partition coefficient (Wildman–Crippen LogP) is 2.53. The van der Waals surface area contributed by atoms with Crippen LogP contribution < -0.4 is 4.74 Å². The molecule has 0 atom stereocenters. The van der Waals surface area contributed by atoms with Gasteiger partial charge in [-0.1, -0.05) is 28.9 Å². The van der Waals surface area contributed by atoms with E-state index < -0.39 is 5.54 Å². The molecule has 2 rings (SSSR count). The Balaban J connectivity index is 2.02. The Hall–Kier alpha value is -2.59. The van der Waals surface area contributed by atoms with Crippen LogP contribution in [-0.2, 0) is 4.79 Å². The van der Waals surface area contributed by atoms with Crippen LogP contribution in [0.15, 0.2) is 28.8 Å². The molecule has 1 heterocycles. The largest absolute Gasteiger partial charge is 0.439 e. The van der Waals surface area contributed by atoms with Crippen LogP contribution in [0.1, 0.15) is 13.8 Å². The normalized spacial score (nSPS) is 10.9.